The molecule has 9 nitrogen and oxygen atoms in total. The molecule has 1 aliphatic heterocycles. The number of anilines is 2. The lowest BCUT2D eigenvalue weighted by Crippen LogP contribution is -2.53. The van der Waals surface area contributed by atoms with Gasteiger partial charge in [-0.05, 0) is 43.7 Å². The van der Waals surface area contributed by atoms with Crippen LogP contribution in [0.2, 0.25) is 0 Å². The van der Waals surface area contributed by atoms with E-state index in [0.29, 0.717) is 22.6 Å². The molecule has 1 heterocycles. The van der Waals surface area contributed by atoms with Crippen LogP contribution in [0.1, 0.15) is 16.7 Å². The third kappa shape index (κ3) is 4.47. The van der Waals surface area contributed by atoms with Crippen molar-refractivity contribution in [2.24, 2.45) is 0 Å². The number of carbonyl (C=O) groups is 2. The maximum absolute atomic E-state index is 13.6. The molecule has 0 unspecified atom stereocenters. The van der Waals surface area contributed by atoms with Gasteiger partial charge in [0.25, 0.3) is 10.0 Å². The number of urea groups is 1. The number of para-hydroxylation sites is 2. The topological polar surface area (TPSA) is 105 Å². The van der Waals surface area contributed by atoms with Crippen molar-refractivity contribution in [1.82, 2.24) is 5.32 Å². The molecular weight excluding hydrogens is 482 g/mol. The van der Waals surface area contributed by atoms with E-state index in [-0.39, 0.29) is 29.4 Å². The normalized spacial score (nSPS) is 14.3. The predicted octanol–water partition coefficient (Wildman–Crippen LogP) is 3.77. The Bertz CT molecular complexity index is 1440. The summed E-state index contributed by atoms with van der Waals surface area (Å²) in [5.41, 5.74) is 2.64. The average molecular weight is 510 g/mol. The maximum Gasteiger partial charge on any atom is 0.343 e. The van der Waals surface area contributed by atoms with Crippen LogP contribution in [0.5, 0.6) is 11.5 Å². The monoisotopic (exact) mass is 509 g/mol. The number of amides is 3. The summed E-state index contributed by atoms with van der Waals surface area (Å²) in [5.74, 6) is 0.549. The van der Waals surface area contributed by atoms with E-state index >= 15 is 0 Å². The first-order valence-electron chi connectivity index (χ1n) is 11.2. The first-order chi connectivity index (χ1) is 17.2. The number of nitrogens with zero attached hydrogens (tertiary/aromatic N) is 2. The standard InChI is InChI=1S/C26H27N3O6S/c1-17-12-13-20(18(2)14-17)29-26(31)28(21-9-5-6-11-23(21)36(29,32)33)16-24(30)27-15-19-8-7-10-22(34-3)25(19)35-4/h5-14H,15-16H2,1-4H3,(H,27,30). The van der Waals surface area contributed by atoms with Crippen LogP contribution < -0.4 is 24.0 Å². The van der Waals surface area contributed by atoms with Gasteiger partial charge in [-0.3, -0.25) is 9.69 Å². The lowest BCUT2D eigenvalue weighted by atomic mass is 10.1. The van der Waals surface area contributed by atoms with Crippen molar-refractivity contribution in [2.75, 3.05) is 30.0 Å². The molecule has 10 heteroatoms. The number of hydrogen-bond donors (Lipinski definition) is 1. The van der Waals surface area contributed by atoms with Crippen LogP contribution in [0, 0.1) is 13.8 Å². The highest BCUT2D eigenvalue weighted by Crippen LogP contribution is 2.38. The van der Waals surface area contributed by atoms with Crippen molar-refractivity contribution < 1.29 is 27.5 Å². The Morgan fingerprint density at radius 1 is 0.944 bits per heavy atom. The molecule has 3 amide bonds. The number of ether oxygens (including phenoxy) is 2. The number of rotatable bonds is 7. The lowest BCUT2D eigenvalue weighted by molar-refractivity contribution is -0.119. The van der Waals surface area contributed by atoms with Crippen LogP contribution in [0.4, 0.5) is 16.2 Å². The summed E-state index contributed by atoms with van der Waals surface area (Å²) in [6.45, 7) is 3.37. The van der Waals surface area contributed by atoms with Crippen molar-refractivity contribution in [3.05, 3.63) is 77.4 Å². The second-order valence-electron chi connectivity index (χ2n) is 8.33. The Hall–Kier alpha value is -4.05. The van der Waals surface area contributed by atoms with Crippen molar-refractivity contribution in [2.45, 2.75) is 25.3 Å². The fourth-order valence-corrected chi connectivity index (χ4v) is 5.87. The maximum atomic E-state index is 13.6. The largest absolute Gasteiger partial charge is 0.493 e. The van der Waals surface area contributed by atoms with Crippen molar-refractivity contribution in [3.8, 4) is 11.5 Å². The number of sulfonamides is 1. The molecule has 0 fully saturated rings. The molecule has 0 saturated carbocycles. The van der Waals surface area contributed by atoms with E-state index < -0.39 is 22.0 Å². The number of benzene rings is 3. The molecule has 1 N–H and O–H groups in total. The molecule has 36 heavy (non-hydrogen) atoms. The molecule has 0 aromatic heterocycles. The number of fused-ring (bicyclic) bond motifs is 1. The van der Waals surface area contributed by atoms with E-state index in [1.54, 1.807) is 55.5 Å². The van der Waals surface area contributed by atoms with Gasteiger partial charge >= 0.3 is 6.03 Å². The molecule has 0 atom stereocenters. The van der Waals surface area contributed by atoms with Gasteiger partial charge in [0.05, 0.1) is 25.6 Å². The van der Waals surface area contributed by atoms with E-state index in [9.17, 15) is 18.0 Å². The molecule has 3 aromatic carbocycles. The summed E-state index contributed by atoms with van der Waals surface area (Å²) < 4.78 is 38.4. The minimum atomic E-state index is -4.18. The first kappa shape index (κ1) is 25.1. The Kier molecular flexibility index (Phi) is 6.89. The molecule has 188 valence electrons. The quantitative estimate of drug-likeness (QED) is 0.520. The van der Waals surface area contributed by atoms with Crippen LogP contribution in [0.15, 0.2) is 65.6 Å². The van der Waals surface area contributed by atoms with E-state index in [4.69, 9.17) is 9.47 Å². The minimum absolute atomic E-state index is 0.0492. The molecule has 3 aromatic rings. The van der Waals surface area contributed by atoms with Crippen LogP contribution in [-0.4, -0.2) is 41.1 Å². The van der Waals surface area contributed by atoms with Gasteiger partial charge in [0, 0.05) is 12.1 Å². The predicted molar refractivity (Wildman–Crippen MR) is 136 cm³/mol. The number of hydrogen-bond acceptors (Lipinski definition) is 6. The van der Waals surface area contributed by atoms with E-state index in [0.717, 1.165) is 9.87 Å². The minimum Gasteiger partial charge on any atom is -0.493 e. The Morgan fingerprint density at radius 2 is 1.69 bits per heavy atom. The van der Waals surface area contributed by atoms with Gasteiger partial charge in [0.1, 0.15) is 11.4 Å². The molecule has 0 aliphatic carbocycles. The van der Waals surface area contributed by atoms with Gasteiger partial charge in [0.15, 0.2) is 11.5 Å². The number of methoxy groups -OCH3 is 2. The summed E-state index contributed by atoms with van der Waals surface area (Å²) in [7, 11) is -1.15. The molecule has 0 bridgehead atoms. The second kappa shape index (κ2) is 9.90. The van der Waals surface area contributed by atoms with Crippen molar-refractivity contribution in [3.63, 3.8) is 0 Å². The van der Waals surface area contributed by atoms with Crippen LogP contribution >= 0.6 is 0 Å². The summed E-state index contributed by atoms with van der Waals surface area (Å²) in [6.07, 6.45) is 0. The third-order valence-corrected chi connectivity index (χ3v) is 7.65. The molecule has 0 radical (unpaired) electrons. The van der Waals surface area contributed by atoms with Crippen LogP contribution in [-0.2, 0) is 21.4 Å². The molecule has 0 saturated heterocycles. The highest BCUT2D eigenvalue weighted by molar-refractivity contribution is 7.94. The Labute approximate surface area is 210 Å². The molecular formula is C26H27N3O6S. The highest BCUT2D eigenvalue weighted by Gasteiger charge is 2.43. The SMILES string of the molecule is COc1cccc(CNC(=O)CN2C(=O)N(c3ccc(C)cc3C)S(=O)(=O)c3ccccc32)c1OC. The highest BCUT2D eigenvalue weighted by atomic mass is 32.2. The number of aryl methyl sites for hydroxylation is 2. The first-order valence-corrected chi connectivity index (χ1v) is 12.6. The summed E-state index contributed by atoms with van der Waals surface area (Å²) >= 11 is 0. The zero-order valence-corrected chi connectivity index (χ0v) is 21.3. The zero-order valence-electron chi connectivity index (χ0n) is 20.4. The van der Waals surface area contributed by atoms with E-state index in [1.807, 2.05) is 6.92 Å². The fourth-order valence-electron chi connectivity index (χ4n) is 4.22. The van der Waals surface area contributed by atoms with E-state index in [1.165, 1.54) is 31.3 Å². The third-order valence-electron chi connectivity index (χ3n) is 5.91. The Balaban J connectivity index is 1.65. The van der Waals surface area contributed by atoms with Gasteiger partial charge < -0.3 is 14.8 Å². The second-order valence-corrected chi connectivity index (χ2v) is 10.1. The number of carbonyl (C=O) groups excluding carboxylic acids is 2. The van der Waals surface area contributed by atoms with Crippen molar-refractivity contribution in [1.29, 1.82) is 0 Å². The van der Waals surface area contributed by atoms with E-state index in [2.05, 4.69) is 5.32 Å². The van der Waals surface area contributed by atoms with Gasteiger partial charge in [-0.1, -0.05) is 42.0 Å². The van der Waals surface area contributed by atoms with Gasteiger partial charge in [-0.2, -0.15) is 4.31 Å². The fraction of sp³-hybridized carbons (Fsp3) is 0.231. The van der Waals surface area contributed by atoms with Gasteiger partial charge in [-0.25, -0.2) is 13.2 Å². The Morgan fingerprint density at radius 3 is 2.39 bits per heavy atom. The van der Waals surface area contributed by atoms with Crippen molar-refractivity contribution >= 4 is 33.3 Å². The zero-order chi connectivity index (χ0) is 26.0. The van der Waals surface area contributed by atoms with Crippen LogP contribution in [0.3, 0.4) is 0 Å². The summed E-state index contributed by atoms with van der Waals surface area (Å²) in [4.78, 5) is 27.7. The lowest BCUT2D eigenvalue weighted by Gasteiger charge is -2.36. The molecule has 4 rings (SSSR count). The summed E-state index contributed by atoms with van der Waals surface area (Å²) in [5, 5.41) is 2.78. The summed E-state index contributed by atoms with van der Waals surface area (Å²) in [6, 6.07) is 15.8. The molecule has 0 spiro atoms. The van der Waals surface area contributed by atoms with Gasteiger partial charge in [-0.15, -0.1) is 0 Å². The van der Waals surface area contributed by atoms with Gasteiger partial charge in [0.2, 0.25) is 5.91 Å². The van der Waals surface area contributed by atoms with Crippen LogP contribution in [0.25, 0.3) is 0 Å². The smallest absolute Gasteiger partial charge is 0.343 e. The molecule has 1 aliphatic rings. The number of nitrogens with one attached hydrogen (secondary N) is 1. The average Bonchev–Trinajstić information content (AvgIpc) is 2.86.